The van der Waals surface area contributed by atoms with Gasteiger partial charge in [0.25, 0.3) is 5.91 Å². The second-order valence-electron chi connectivity index (χ2n) is 11.6. The van der Waals surface area contributed by atoms with Crippen LogP contribution in [0.3, 0.4) is 0 Å². The molecule has 2 atom stereocenters. The highest BCUT2D eigenvalue weighted by Crippen LogP contribution is 2.38. The fraction of sp³-hybridized carbons (Fsp3) is 0.394. The molecule has 0 bridgehead atoms. The molecule has 2 fully saturated rings. The van der Waals surface area contributed by atoms with Crippen LogP contribution in [0, 0.1) is 11.1 Å². The Morgan fingerprint density at radius 3 is 2.48 bits per heavy atom. The normalized spacial score (nSPS) is 16.5. The topological polar surface area (TPSA) is 112 Å². The molecule has 5 rings (SSSR count). The van der Waals surface area contributed by atoms with E-state index in [1.165, 1.54) is 39.8 Å². The van der Waals surface area contributed by atoms with Crippen molar-refractivity contribution in [2.24, 2.45) is 5.92 Å². The summed E-state index contributed by atoms with van der Waals surface area (Å²) >= 11 is 14.0. The number of alkyl halides is 2. The van der Waals surface area contributed by atoms with Crippen LogP contribution in [0.15, 0.2) is 54.9 Å². The third kappa shape index (κ3) is 9.00. The molecule has 1 saturated heterocycles. The number of esters is 1. The van der Waals surface area contributed by atoms with Gasteiger partial charge in [0.15, 0.2) is 29.3 Å². The lowest BCUT2D eigenvalue weighted by Crippen LogP contribution is -2.41. The molecule has 2 heterocycles. The molecule has 1 saturated carbocycles. The van der Waals surface area contributed by atoms with Crippen LogP contribution in [0.2, 0.25) is 10.0 Å². The Hall–Kier alpha value is -3.81. The molecule has 0 unspecified atom stereocenters. The Labute approximate surface area is 290 Å². The van der Waals surface area contributed by atoms with Crippen LogP contribution in [0.4, 0.5) is 8.78 Å². The van der Waals surface area contributed by atoms with E-state index in [1.54, 1.807) is 38.4 Å². The summed E-state index contributed by atoms with van der Waals surface area (Å²) < 4.78 is 43.4. The minimum Gasteiger partial charge on any atom is -0.619 e. The van der Waals surface area contributed by atoms with Crippen molar-refractivity contribution in [1.29, 1.82) is 0 Å². The standard InChI is InChI=1S/C33H33Cl2F2N3O7S/c1-38(2)30(42)22-5-3-4-20(12-22)13-29(41)40-10-11-48-31(40)32(43)46-27(15-23-24(34)16-39(44)17-25(23)35)21-8-9-26(47-33(36)37)28(14-21)45-18-19-6-7-19/h3-5,8-9,12,14,16-17,19,27,31,33H,6-7,10-11,13,15,18H2,1-2H3/t27-,31-/m0/s1. The maximum absolute atomic E-state index is 13.8. The molecule has 2 amide bonds. The largest absolute Gasteiger partial charge is 0.619 e. The summed E-state index contributed by atoms with van der Waals surface area (Å²) in [6.45, 7) is -2.49. The summed E-state index contributed by atoms with van der Waals surface area (Å²) in [6.07, 6.45) is 2.94. The van der Waals surface area contributed by atoms with Crippen LogP contribution in [0.25, 0.3) is 0 Å². The Balaban J connectivity index is 1.40. The summed E-state index contributed by atoms with van der Waals surface area (Å²) in [4.78, 5) is 42.6. The molecular formula is C33H33Cl2F2N3O7S. The van der Waals surface area contributed by atoms with Crippen molar-refractivity contribution in [1.82, 2.24) is 9.80 Å². The van der Waals surface area contributed by atoms with Gasteiger partial charge in [0.05, 0.1) is 13.0 Å². The van der Waals surface area contributed by atoms with E-state index in [-0.39, 0.29) is 46.2 Å². The van der Waals surface area contributed by atoms with E-state index in [0.717, 1.165) is 25.2 Å². The molecule has 2 aliphatic rings. The van der Waals surface area contributed by atoms with Gasteiger partial charge in [-0.15, -0.1) is 11.8 Å². The maximum atomic E-state index is 13.8. The van der Waals surface area contributed by atoms with E-state index >= 15 is 0 Å². The number of rotatable bonds is 13. The van der Waals surface area contributed by atoms with Crippen molar-refractivity contribution in [3.63, 3.8) is 0 Å². The zero-order chi connectivity index (χ0) is 34.5. The predicted molar refractivity (Wildman–Crippen MR) is 175 cm³/mol. The Bertz CT molecular complexity index is 1650. The summed E-state index contributed by atoms with van der Waals surface area (Å²) in [6, 6.07) is 11.0. The summed E-state index contributed by atoms with van der Waals surface area (Å²) in [7, 11) is 3.27. The Kier molecular flexibility index (Phi) is 11.5. The fourth-order valence-electron chi connectivity index (χ4n) is 5.13. The van der Waals surface area contributed by atoms with E-state index in [9.17, 15) is 28.4 Å². The second kappa shape index (κ2) is 15.6. The van der Waals surface area contributed by atoms with Crippen LogP contribution < -0.4 is 14.2 Å². The number of thioether (sulfide) groups is 1. The van der Waals surface area contributed by atoms with E-state index < -0.39 is 24.1 Å². The van der Waals surface area contributed by atoms with Crippen molar-refractivity contribution in [2.45, 2.75) is 43.8 Å². The number of hydrogen-bond donors (Lipinski definition) is 0. The van der Waals surface area contributed by atoms with Crippen molar-refractivity contribution in [3.05, 3.63) is 92.4 Å². The number of ether oxygens (including phenoxy) is 3. The lowest BCUT2D eigenvalue weighted by Gasteiger charge is -2.26. The highest BCUT2D eigenvalue weighted by molar-refractivity contribution is 8.00. The number of hydrogen-bond acceptors (Lipinski definition) is 8. The molecule has 1 aliphatic carbocycles. The van der Waals surface area contributed by atoms with Crippen LogP contribution in [-0.2, 0) is 27.2 Å². The van der Waals surface area contributed by atoms with E-state index in [4.69, 9.17) is 32.7 Å². The van der Waals surface area contributed by atoms with E-state index in [0.29, 0.717) is 51.8 Å². The molecular weight excluding hydrogens is 691 g/mol. The molecule has 48 heavy (non-hydrogen) atoms. The minimum absolute atomic E-state index is 0.0310. The Morgan fingerprint density at radius 1 is 1.08 bits per heavy atom. The quantitative estimate of drug-likeness (QED) is 0.126. The van der Waals surface area contributed by atoms with Crippen molar-refractivity contribution >= 4 is 52.7 Å². The number of aromatic nitrogens is 1. The average Bonchev–Trinajstić information content (AvgIpc) is 3.73. The Morgan fingerprint density at radius 2 is 1.81 bits per heavy atom. The summed E-state index contributed by atoms with van der Waals surface area (Å²) in [5.74, 6) is -0.594. The van der Waals surface area contributed by atoms with Gasteiger partial charge in [-0.05, 0) is 54.2 Å². The van der Waals surface area contributed by atoms with Gasteiger partial charge >= 0.3 is 12.6 Å². The third-order valence-corrected chi connectivity index (χ3v) is 9.61. The van der Waals surface area contributed by atoms with Gasteiger partial charge < -0.3 is 29.2 Å². The lowest BCUT2D eigenvalue weighted by atomic mass is 10.0. The fourth-order valence-corrected chi connectivity index (χ4v) is 6.85. The molecule has 2 aromatic carbocycles. The van der Waals surface area contributed by atoms with Gasteiger partial charge in [-0.1, -0.05) is 41.4 Å². The smallest absolute Gasteiger partial charge is 0.387 e. The molecule has 10 nitrogen and oxygen atoms in total. The number of pyridine rings is 1. The van der Waals surface area contributed by atoms with E-state index in [1.807, 2.05) is 0 Å². The van der Waals surface area contributed by atoms with Gasteiger partial charge in [-0.25, -0.2) is 4.79 Å². The van der Waals surface area contributed by atoms with Crippen molar-refractivity contribution < 1.29 is 42.1 Å². The molecule has 1 aromatic heterocycles. The average molecular weight is 725 g/mol. The number of halogens is 4. The van der Waals surface area contributed by atoms with Crippen molar-refractivity contribution in [3.8, 4) is 11.5 Å². The minimum atomic E-state index is -3.09. The number of benzene rings is 2. The van der Waals surface area contributed by atoms with Gasteiger partial charge in [0.1, 0.15) is 16.1 Å². The third-order valence-electron chi connectivity index (χ3n) is 7.78. The molecule has 1 aliphatic heterocycles. The second-order valence-corrected chi connectivity index (χ2v) is 13.7. The zero-order valence-electron chi connectivity index (χ0n) is 26.1. The van der Waals surface area contributed by atoms with E-state index in [2.05, 4.69) is 4.74 Å². The molecule has 256 valence electrons. The van der Waals surface area contributed by atoms with Gasteiger partial charge in [0, 0.05) is 43.9 Å². The first-order valence-electron chi connectivity index (χ1n) is 15.1. The number of amides is 2. The first-order valence-corrected chi connectivity index (χ1v) is 16.9. The highest BCUT2D eigenvalue weighted by atomic mass is 35.5. The van der Waals surface area contributed by atoms with Gasteiger partial charge in [-0.3, -0.25) is 9.59 Å². The molecule has 0 N–H and O–H groups in total. The maximum Gasteiger partial charge on any atom is 0.387 e. The number of nitrogens with zero attached hydrogens (tertiary/aromatic N) is 3. The van der Waals surface area contributed by atoms with Gasteiger partial charge in [0.2, 0.25) is 5.91 Å². The van der Waals surface area contributed by atoms with Crippen LogP contribution in [0.5, 0.6) is 11.5 Å². The van der Waals surface area contributed by atoms with Crippen LogP contribution in [0.1, 0.15) is 46.0 Å². The predicted octanol–water partition coefficient (Wildman–Crippen LogP) is 5.69. The summed E-state index contributed by atoms with van der Waals surface area (Å²) in [5.41, 5.74) is 1.73. The zero-order valence-corrected chi connectivity index (χ0v) is 28.4. The molecule has 15 heteroatoms. The van der Waals surface area contributed by atoms with Crippen LogP contribution >= 0.6 is 35.0 Å². The first kappa shape index (κ1) is 35.5. The number of carbonyl (C=O) groups excluding carboxylic acids is 3. The monoisotopic (exact) mass is 723 g/mol. The van der Waals surface area contributed by atoms with Crippen molar-refractivity contribution in [2.75, 3.05) is 33.0 Å². The number of carbonyl (C=O) groups is 3. The summed E-state index contributed by atoms with van der Waals surface area (Å²) in [5, 5.41) is 11.0. The SMILES string of the molecule is CN(C)C(=O)c1cccc(CC(=O)N2CCS[C@H]2C(=O)O[C@@H](Cc2c(Cl)c[n+]([O-])cc2Cl)c2ccc(OC(F)F)c(OCC3CC3)c2)c1. The van der Waals surface area contributed by atoms with Crippen LogP contribution in [-0.4, -0.2) is 72.6 Å². The van der Waals surface area contributed by atoms with Gasteiger partial charge in [-0.2, -0.15) is 13.5 Å². The molecule has 3 aromatic rings. The highest BCUT2D eigenvalue weighted by Gasteiger charge is 2.38. The molecule has 0 radical (unpaired) electrons. The lowest BCUT2D eigenvalue weighted by molar-refractivity contribution is -0.605. The first-order chi connectivity index (χ1) is 22.9. The molecule has 0 spiro atoms.